The maximum atomic E-state index is 12.2. The average Bonchev–Trinajstić information content (AvgIpc) is 2.95. The van der Waals surface area contributed by atoms with E-state index >= 15 is 0 Å². The van der Waals surface area contributed by atoms with Crippen LogP contribution in [0.4, 0.5) is 5.82 Å². The second-order valence-electron chi connectivity index (χ2n) is 6.37. The van der Waals surface area contributed by atoms with Gasteiger partial charge in [-0.2, -0.15) is 5.10 Å². The maximum absolute atomic E-state index is 12.2. The number of piperazine rings is 1. The van der Waals surface area contributed by atoms with Gasteiger partial charge in [-0.25, -0.2) is 9.50 Å². The highest BCUT2D eigenvalue weighted by molar-refractivity contribution is 5.79. The Morgan fingerprint density at radius 1 is 1.35 bits per heavy atom. The molecular weight excluding hydrogens is 292 g/mol. The fourth-order valence-electron chi connectivity index (χ4n) is 3.68. The Kier molecular flexibility index (Phi) is 3.65. The number of carbonyl (C=O) groups is 1. The van der Waals surface area contributed by atoms with E-state index in [2.05, 4.69) is 26.4 Å². The van der Waals surface area contributed by atoms with E-state index in [-0.39, 0.29) is 11.9 Å². The van der Waals surface area contributed by atoms with Gasteiger partial charge in [0.25, 0.3) is 0 Å². The Morgan fingerprint density at radius 2 is 2.26 bits per heavy atom. The van der Waals surface area contributed by atoms with Gasteiger partial charge >= 0.3 is 0 Å². The van der Waals surface area contributed by atoms with Crippen LogP contribution in [0.1, 0.15) is 18.5 Å². The second-order valence-corrected chi connectivity index (χ2v) is 6.37. The highest BCUT2D eigenvalue weighted by Gasteiger charge is 2.31. The minimum atomic E-state index is 0.217. The van der Waals surface area contributed by atoms with Crippen molar-refractivity contribution in [3.8, 4) is 0 Å². The summed E-state index contributed by atoms with van der Waals surface area (Å²) in [7, 11) is 0. The van der Waals surface area contributed by atoms with Crippen molar-refractivity contribution >= 4 is 17.2 Å². The molecule has 0 aliphatic carbocycles. The summed E-state index contributed by atoms with van der Waals surface area (Å²) in [6, 6.07) is 2.35. The second kappa shape index (κ2) is 5.81. The molecule has 0 saturated carbocycles. The van der Waals surface area contributed by atoms with Crippen LogP contribution >= 0.6 is 0 Å². The topological polar surface area (TPSA) is 65.8 Å². The third kappa shape index (κ3) is 2.65. The fraction of sp³-hybridized carbons (Fsp3) is 0.562. The molecule has 2 aliphatic rings. The first-order chi connectivity index (χ1) is 11.2. The maximum Gasteiger partial charge on any atom is 0.236 e. The molecule has 122 valence electrons. The van der Waals surface area contributed by atoms with Crippen LogP contribution < -0.4 is 10.2 Å². The summed E-state index contributed by atoms with van der Waals surface area (Å²) in [6.07, 6.45) is 5.84. The molecule has 0 bridgehead atoms. The van der Waals surface area contributed by atoms with Gasteiger partial charge in [0.15, 0.2) is 5.82 Å². The minimum absolute atomic E-state index is 0.217. The van der Waals surface area contributed by atoms with Gasteiger partial charge in [0.1, 0.15) is 5.52 Å². The lowest BCUT2D eigenvalue weighted by Crippen LogP contribution is -2.57. The van der Waals surface area contributed by atoms with Crippen molar-refractivity contribution in [2.45, 2.75) is 25.8 Å². The predicted molar refractivity (Wildman–Crippen MR) is 87.5 cm³/mol. The Bertz CT molecular complexity index is 726. The summed E-state index contributed by atoms with van der Waals surface area (Å²) >= 11 is 0. The standard InChI is InChI=1S/C16H22N6O/c1-12-9-14-16(18-5-8-22(14)19-12)20-6-2-3-13(11-20)21-7-4-17-10-15(21)23/h5,8-9,13,17H,2-4,6-7,10-11H2,1H3/t13-/m0/s1. The first-order valence-electron chi connectivity index (χ1n) is 8.28. The molecule has 7 nitrogen and oxygen atoms in total. The largest absolute Gasteiger partial charge is 0.353 e. The summed E-state index contributed by atoms with van der Waals surface area (Å²) in [5.74, 6) is 1.19. The highest BCUT2D eigenvalue weighted by Crippen LogP contribution is 2.25. The molecule has 2 aliphatic heterocycles. The van der Waals surface area contributed by atoms with Crippen molar-refractivity contribution in [3.05, 3.63) is 24.2 Å². The number of nitrogens with one attached hydrogen (secondary N) is 1. The molecule has 1 amide bonds. The van der Waals surface area contributed by atoms with Crippen LogP contribution in [0.25, 0.3) is 5.52 Å². The van der Waals surface area contributed by atoms with Crippen molar-refractivity contribution in [1.82, 2.24) is 24.8 Å². The SMILES string of the molecule is Cc1cc2c(N3CCC[C@H](N4CCNCC4=O)C3)nccn2n1. The van der Waals surface area contributed by atoms with Crippen LogP contribution in [0.2, 0.25) is 0 Å². The number of nitrogens with zero attached hydrogens (tertiary/aromatic N) is 5. The van der Waals surface area contributed by atoms with E-state index in [1.165, 1.54) is 0 Å². The zero-order chi connectivity index (χ0) is 15.8. The third-order valence-electron chi connectivity index (χ3n) is 4.75. The molecule has 4 rings (SSSR count). The van der Waals surface area contributed by atoms with E-state index in [0.29, 0.717) is 6.54 Å². The van der Waals surface area contributed by atoms with Crippen molar-refractivity contribution in [2.24, 2.45) is 0 Å². The molecule has 2 aromatic heterocycles. The molecule has 2 saturated heterocycles. The van der Waals surface area contributed by atoms with Crippen molar-refractivity contribution in [2.75, 3.05) is 37.6 Å². The summed E-state index contributed by atoms with van der Waals surface area (Å²) < 4.78 is 1.89. The zero-order valence-corrected chi connectivity index (χ0v) is 13.4. The van der Waals surface area contributed by atoms with Crippen LogP contribution in [0, 0.1) is 6.92 Å². The van der Waals surface area contributed by atoms with Gasteiger partial charge in [0, 0.05) is 44.6 Å². The molecule has 23 heavy (non-hydrogen) atoms. The van der Waals surface area contributed by atoms with Crippen LogP contribution in [-0.2, 0) is 4.79 Å². The van der Waals surface area contributed by atoms with Crippen LogP contribution in [0.5, 0.6) is 0 Å². The van der Waals surface area contributed by atoms with Crippen LogP contribution in [0.3, 0.4) is 0 Å². The van der Waals surface area contributed by atoms with Gasteiger partial charge in [-0.15, -0.1) is 0 Å². The summed E-state index contributed by atoms with van der Waals surface area (Å²) in [5, 5.41) is 7.61. The minimum Gasteiger partial charge on any atom is -0.353 e. The summed E-state index contributed by atoms with van der Waals surface area (Å²) in [5.41, 5.74) is 2.03. The first-order valence-corrected chi connectivity index (χ1v) is 8.28. The van der Waals surface area contributed by atoms with Gasteiger partial charge in [-0.3, -0.25) is 4.79 Å². The molecule has 1 atom stereocenters. The number of anilines is 1. The Hall–Kier alpha value is -2.15. The van der Waals surface area contributed by atoms with Gasteiger partial charge in [-0.05, 0) is 25.8 Å². The molecule has 0 spiro atoms. The average molecular weight is 314 g/mol. The number of fused-ring (bicyclic) bond motifs is 1. The molecule has 4 heterocycles. The van der Waals surface area contributed by atoms with Crippen LogP contribution in [-0.4, -0.2) is 64.2 Å². The monoisotopic (exact) mass is 314 g/mol. The van der Waals surface area contributed by atoms with E-state index in [1.807, 2.05) is 22.5 Å². The predicted octanol–water partition coefficient (Wildman–Crippen LogP) is 0.438. The third-order valence-corrected chi connectivity index (χ3v) is 4.75. The van der Waals surface area contributed by atoms with Crippen molar-refractivity contribution in [1.29, 1.82) is 0 Å². The number of aryl methyl sites for hydroxylation is 1. The number of hydrogen-bond donors (Lipinski definition) is 1. The smallest absolute Gasteiger partial charge is 0.236 e. The quantitative estimate of drug-likeness (QED) is 0.871. The van der Waals surface area contributed by atoms with Crippen LogP contribution in [0.15, 0.2) is 18.5 Å². The Labute approximate surface area is 135 Å². The number of rotatable bonds is 2. The van der Waals surface area contributed by atoms with E-state index in [1.54, 1.807) is 6.20 Å². The summed E-state index contributed by atoms with van der Waals surface area (Å²) in [4.78, 5) is 21.1. The summed E-state index contributed by atoms with van der Waals surface area (Å²) in [6.45, 7) is 5.98. The zero-order valence-electron chi connectivity index (χ0n) is 13.4. The normalized spacial score (nSPS) is 22.8. The highest BCUT2D eigenvalue weighted by atomic mass is 16.2. The number of aromatic nitrogens is 3. The van der Waals surface area contributed by atoms with Gasteiger partial charge < -0.3 is 15.1 Å². The number of piperidine rings is 1. The molecule has 0 aromatic carbocycles. The fourth-order valence-corrected chi connectivity index (χ4v) is 3.68. The molecule has 7 heteroatoms. The molecular formula is C16H22N6O. The van der Waals surface area contributed by atoms with Crippen molar-refractivity contribution < 1.29 is 4.79 Å². The first kappa shape index (κ1) is 14.4. The van der Waals surface area contributed by atoms with Gasteiger partial charge in [-0.1, -0.05) is 0 Å². The van der Waals surface area contributed by atoms with Gasteiger partial charge in [0.2, 0.25) is 5.91 Å². The van der Waals surface area contributed by atoms with E-state index in [4.69, 9.17) is 0 Å². The van der Waals surface area contributed by atoms with Gasteiger partial charge in [0.05, 0.1) is 12.2 Å². The number of amides is 1. The number of hydrogen-bond acceptors (Lipinski definition) is 5. The Balaban J connectivity index is 1.60. The van der Waals surface area contributed by atoms with E-state index < -0.39 is 0 Å². The van der Waals surface area contributed by atoms with E-state index in [0.717, 1.165) is 56.0 Å². The molecule has 0 unspecified atom stereocenters. The lowest BCUT2D eigenvalue weighted by atomic mass is 10.0. The van der Waals surface area contributed by atoms with E-state index in [9.17, 15) is 4.79 Å². The number of carbonyl (C=O) groups excluding carboxylic acids is 1. The molecule has 2 fully saturated rings. The van der Waals surface area contributed by atoms with Crippen molar-refractivity contribution in [3.63, 3.8) is 0 Å². The Morgan fingerprint density at radius 3 is 3.13 bits per heavy atom. The molecule has 2 aromatic rings. The lowest BCUT2D eigenvalue weighted by molar-refractivity contribution is -0.134. The molecule has 1 N–H and O–H groups in total. The lowest BCUT2D eigenvalue weighted by Gasteiger charge is -2.41. The molecule has 0 radical (unpaired) electrons.